The zero-order chi connectivity index (χ0) is 17.4. The second-order valence-corrected chi connectivity index (χ2v) is 11.2. The summed E-state index contributed by atoms with van der Waals surface area (Å²) >= 11 is 4.26. The van der Waals surface area contributed by atoms with Gasteiger partial charge in [0.2, 0.25) is 0 Å². The maximum absolute atomic E-state index is 6.31. The molecule has 0 aromatic heterocycles. The van der Waals surface area contributed by atoms with Gasteiger partial charge >= 0.3 is 152 Å². The molecule has 0 atom stereocenters. The van der Waals surface area contributed by atoms with Crippen molar-refractivity contribution in [2.24, 2.45) is 5.41 Å². The Morgan fingerprint density at radius 2 is 1.70 bits per heavy atom. The van der Waals surface area contributed by atoms with E-state index in [9.17, 15) is 0 Å². The van der Waals surface area contributed by atoms with Gasteiger partial charge in [0.15, 0.2) is 0 Å². The van der Waals surface area contributed by atoms with Crippen molar-refractivity contribution in [3.05, 3.63) is 50.4 Å². The molecule has 23 heavy (non-hydrogen) atoms. The molecule has 0 heterocycles. The molecule has 0 saturated carbocycles. The van der Waals surface area contributed by atoms with Gasteiger partial charge in [0.05, 0.1) is 0 Å². The van der Waals surface area contributed by atoms with Gasteiger partial charge in [0.25, 0.3) is 0 Å². The van der Waals surface area contributed by atoms with Crippen LogP contribution >= 0.6 is 11.6 Å². The molecule has 0 unspecified atom stereocenters. The van der Waals surface area contributed by atoms with Crippen molar-refractivity contribution in [1.29, 1.82) is 0 Å². The summed E-state index contributed by atoms with van der Waals surface area (Å²) in [5, 5.41) is 0.730. The molecular formula is C20H27ClOTi. The first-order chi connectivity index (χ1) is 10.5. The SMILES string of the molecule is [CH2]=[Ti]([O]c1cc(Cl)cc(C(C)(C)C)c1)[C]1=C(C(C)(C)C)C=CC1. The average molecular weight is 367 g/mol. The fraction of sp³-hybridized carbons (Fsp3) is 0.450. The number of hydrogen-bond acceptors (Lipinski definition) is 1. The minimum atomic E-state index is -2.03. The van der Waals surface area contributed by atoms with Crippen molar-refractivity contribution in [3.8, 4) is 5.75 Å². The van der Waals surface area contributed by atoms with E-state index in [4.69, 9.17) is 14.9 Å². The van der Waals surface area contributed by atoms with Crippen LogP contribution in [0.1, 0.15) is 53.5 Å². The summed E-state index contributed by atoms with van der Waals surface area (Å²) in [6.07, 6.45) is 5.46. The van der Waals surface area contributed by atoms with Gasteiger partial charge < -0.3 is 0 Å². The van der Waals surface area contributed by atoms with Gasteiger partial charge in [-0.25, -0.2) is 0 Å². The van der Waals surface area contributed by atoms with Crippen LogP contribution in [-0.2, 0) is 23.2 Å². The fourth-order valence-corrected chi connectivity index (χ4v) is 5.50. The molecule has 3 heteroatoms. The Hall–Kier alpha value is -0.626. The van der Waals surface area contributed by atoms with E-state index in [1.165, 1.54) is 15.0 Å². The Kier molecular flexibility index (Phi) is 5.46. The van der Waals surface area contributed by atoms with Crippen LogP contribution in [0, 0.1) is 5.41 Å². The van der Waals surface area contributed by atoms with E-state index >= 15 is 0 Å². The van der Waals surface area contributed by atoms with E-state index in [0.29, 0.717) is 0 Å². The predicted molar refractivity (Wildman–Crippen MR) is 98.1 cm³/mol. The Morgan fingerprint density at radius 3 is 2.26 bits per heavy atom. The van der Waals surface area contributed by atoms with Gasteiger partial charge in [-0.2, -0.15) is 0 Å². The van der Waals surface area contributed by atoms with Gasteiger partial charge in [-0.05, 0) is 0 Å². The first-order valence-electron chi connectivity index (χ1n) is 8.07. The quantitative estimate of drug-likeness (QED) is 0.575. The Labute approximate surface area is 152 Å². The molecule has 0 spiro atoms. The third-order valence-corrected chi connectivity index (χ3v) is 6.82. The summed E-state index contributed by atoms with van der Waals surface area (Å²) in [7, 11) is 0. The van der Waals surface area contributed by atoms with Crippen molar-refractivity contribution in [2.75, 3.05) is 0 Å². The summed E-state index contributed by atoms with van der Waals surface area (Å²) in [6, 6.07) is 6.05. The molecular weight excluding hydrogens is 340 g/mol. The third kappa shape index (κ3) is 4.69. The first-order valence-corrected chi connectivity index (χ1v) is 11.0. The molecule has 1 nitrogen and oxygen atoms in total. The van der Waals surface area contributed by atoms with Crippen LogP contribution in [0.15, 0.2) is 39.8 Å². The van der Waals surface area contributed by atoms with Crippen LogP contribution in [0.4, 0.5) is 0 Å². The zero-order valence-electron chi connectivity index (χ0n) is 15.1. The van der Waals surface area contributed by atoms with E-state index in [1.54, 1.807) is 0 Å². The van der Waals surface area contributed by atoms with E-state index in [1.807, 2.05) is 12.1 Å². The summed E-state index contributed by atoms with van der Waals surface area (Å²) in [4.78, 5) is 4.40. The van der Waals surface area contributed by atoms with E-state index in [-0.39, 0.29) is 10.8 Å². The molecule has 0 bridgehead atoms. The normalized spacial score (nSPS) is 15.3. The summed E-state index contributed by atoms with van der Waals surface area (Å²) in [5.41, 5.74) is 2.79. The van der Waals surface area contributed by atoms with E-state index in [2.05, 4.69) is 64.6 Å². The van der Waals surface area contributed by atoms with Crippen LogP contribution < -0.4 is 3.32 Å². The minimum absolute atomic E-state index is 0.0507. The summed E-state index contributed by atoms with van der Waals surface area (Å²) in [6.45, 7) is 13.3. The first kappa shape index (κ1) is 18.7. The molecule has 2 rings (SSSR count). The standard InChI is InChI=1S/C10H13ClO.C9H13.CH2.Ti/c1-10(2,3)7-4-8(11)6-9(12)5-7;1-9(2,3)8-6-4-5-7-8;;/h4-6,12H,1-3H3;4,6H,5H2,1-3H3;1H2;/q;;;+1/p-1. The molecule has 1 aliphatic rings. The van der Waals surface area contributed by atoms with Crippen LogP contribution in [0.2, 0.25) is 5.02 Å². The van der Waals surface area contributed by atoms with Crippen LogP contribution in [0.25, 0.3) is 0 Å². The van der Waals surface area contributed by atoms with Crippen LogP contribution in [0.5, 0.6) is 5.75 Å². The topological polar surface area (TPSA) is 9.23 Å². The molecule has 0 aliphatic heterocycles. The molecule has 0 fully saturated rings. The van der Waals surface area contributed by atoms with Gasteiger partial charge in [0, 0.05) is 0 Å². The van der Waals surface area contributed by atoms with Crippen molar-refractivity contribution in [2.45, 2.75) is 53.4 Å². The Balaban J connectivity index is 2.30. The predicted octanol–water partition coefficient (Wildman–Crippen LogP) is 6.24. The number of halogens is 1. The van der Waals surface area contributed by atoms with E-state index < -0.39 is 17.8 Å². The molecule has 1 aromatic carbocycles. The number of allylic oxidation sites excluding steroid dienone is 4. The van der Waals surface area contributed by atoms with Crippen molar-refractivity contribution in [1.82, 2.24) is 0 Å². The molecule has 1 aliphatic carbocycles. The summed E-state index contributed by atoms with van der Waals surface area (Å²) < 4.78 is 7.74. The van der Waals surface area contributed by atoms with Crippen LogP contribution in [0.3, 0.4) is 0 Å². The Morgan fingerprint density at radius 1 is 1.04 bits per heavy atom. The zero-order valence-corrected chi connectivity index (χ0v) is 17.4. The van der Waals surface area contributed by atoms with E-state index in [0.717, 1.165) is 17.2 Å². The van der Waals surface area contributed by atoms with Gasteiger partial charge in [-0.3, -0.25) is 0 Å². The second kappa shape index (κ2) is 6.71. The Bertz CT molecular complexity index is 685. The van der Waals surface area contributed by atoms with Crippen molar-refractivity contribution < 1.29 is 21.1 Å². The number of rotatable bonds is 3. The van der Waals surface area contributed by atoms with Crippen LogP contribution in [-0.4, -0.2) is 4.82 Å². The maximum atomic E-state index is 6.31. The molecule has 1 aromatic rings. The molecule has 0 N–H and O–H groups in total. The molecule has 0 saturated heterocycles. The molecule has 124 valence electrons. The van der Waals surface area contributed by atoms with Gasteiger partial charge in [-0.1, -0.05) is 0 Å². The number of hydrogen-bond donors (Lipinski definition) is 0. The van der Waals surface area contributed by atoms with Gasteiger partial charge in [0.1, 0.15) is 0 Å². The average Bonchev–Trinajstić information content (AvgIpc) is 2.85. The van der Waals surface area contributed by atoms with Crippen molar-refractivity contribution in [3.63, 3.8) is 0 Å². The molecule has 0 radical (unpaired) electrons. The second-order valence-electron chi connectivity index (χ2n) is 8.20. The number of benzene rings is 1. The molecule has 0 amide bonds. The third-order valence-electron chi connectivity index (χ3n) is 4.05. The fourth-order valence-electron chi connectivity index (χ4n) is 2.73. The monoisotopic (exact) mass is 366 g/mol. The summed E-state index contributed by atoms with van der Waals surface area (Å²) in [5.74, 6) is 0.861. The van der Waals surface area contributed by atoms with Crippen molar-refractivity contribution >= 4 is 16.4 Å². The van der Waals surface area contributed by atoms with Gasteiger partial charge in [-0.15, -0.1) is 0 Å².